The van der Waals surface area contributed by atoms with Gasteiger partial charge in [0.25, 0.3) is 0 Å². The van der Waals surface area contributed by atoms with Crippen LogP contribution in [-0.2, 0) is 16.4 Å². The average Bonchev–Trinajstić information content (AvgIpc) is 2.57. The van der Waals surface area contributed by atoms with Crippen LogP contribution in [0.4, 0.5) is 5.69 Å². The maximum Gasteiger partial charge on any atom is 0.236 e. The lowest BCUT2D eigenvalue weighted by Crippen LogP contribution is -2.45. The maximum atomic E-state index is 12.3. The Hall–Kier alpha value is -1.07. The van der Waals surface area contributed by atoms with Crippen LogP contribution < -0.4 is 10.0 Å². The topological polar surface area (TPSA) is 63.4 Å². The number of hydrogen-bond acceptors (Lipinski definition) is 3. The molecule has 94 valence electrons. The van der Waals surface area contributed by atoms with Crippen molar-refractivity contribution in [3.8, 4) is 0 Å². The Kier molecular flexibility index (Phi) is 2.91. The van der Waals surface area contributed by atoms with Crippen molar-refractivity contribution in [3.63, 3.8) is 0 Å². The van der Waals surface area contributed by atoms with Crippen LogP contribution in [0.25, 0.3) is 0 Å². The van der Waals surface area contributed by atoms with Crippen molar-refractivity contribution in [1.82, 2.24) is 0 Å². The van der Waals surface area contributed by atoms with Crippen LogP contribution in [0.2, 0.25) is 0 Å². The van der Waals surface area contributed by atoms with Crippen LogP contribution in [0.3, 0.4) is 0 Å². The van der Waals surface area contributed by atoms with Crippen molar-refractivity contribution in [2.24, 2.45) is 5.73 Å². The fourth-order valence-corrected chi connectivity index (χ4v) is 4.09. The highest BCUT2D eigenvalue weighted by Gasteiger charge is 2.32. The van der Waals surface area contributed by atoms with Gasteiger partial charge in [-0.3, -0.25) is 4.31 Å². The summed E-state index contributed by atoms with van der Waals surface area (Å²) in [5.74, 6) is -0.0334. The summed E-state index contributed by atoms with van der Waals surface area (Å²) >= 11 is 0. The van der Waals surface area contributed by atoms with E-state index in [2.05, 4.69) is 0 Å². The Bertz CT molecular complexity index is 518. The molecular formula is C12H18N2O2S. The average molecular weight is 254 g/mol. The van der Waals surface area contributed by atoms with E-state index in [0.717, 1.165) is 17.7 Å². The second-order valence-corrected chi connectivity index (χ2v) is 7.09. The molecule has 0 spiro atoms. The molecule has 0 fully saturated rings. The minimum absolute atomic E-state index is 0.0334. The molecule has 0 atom stereocenters. The quantitative estimate of drug-likeness (QED) is 0.879. The second kappa shape index (κ2) is 3.99. The Balaban J connectivity index is 2.32. The number of benzene rings is 1. The van der Waals surface area contributed by atoms with Gasteiger partial charge in [0.1, 0.15) is 0 Å². The zero-order valence-corrected chi connectivity index (χ0v) is 11.0. The molecule has 1 heterocycles. The lowest BCUT2D eigenvalue weighted by atomic mass is 10.1. The Labute approximate surface area is 102 Å². The molecule has 1 aliphatic heterocycles. The van der Waals surface area contributed by atoms with Gasteiger partial charge in [-0.15, -0.1) is 0 Å². The minimum atomic E-state index is -3.32. The number of hydrogen-bond donors (Lipinski definition) is 1. The van der Waals surface area contributed by atoms with Gasteiger partial charge in [-0.05, 0) is 31.9 Å². The third-order valence-electron chi connectivity index (χ3n) is 2.73. The normalized spacial score (nSPS) is 16.1. The molecule has 1 aliphatic rings. The van der Waals surface area contributed by atoms with Gasteiger partial charge in [0.05, 0.1) is 11.4 Å². The van der Waals surface area contributed by atoms with Crippen LogP contribution in [0.15, 0.2) is 24.3 Å². The summed E-state index contributed by atoms with van der Waals surface area (Å²) in [6, 6.07) is 7.62. The Morgan fingerprint density at radius 2 is 2.00 bits per heavy atom. The number of sulfonamides is 1. The van der Waals surface area contributed by atoms with E-state index in [1.165, 1.54) is 4.31 Å². The lowest BCUT2D eigenvalue weighted by molar-refractivity contribution is 0.542. The molecule has 0 unspecified atom stereocenters. The molecular weight excluding hydrogens is 236 g/mol. The smallest absolute Gasteiger partial charge is 0.236 e. The Morgan fingerprint density at radius 3 is 2.65 bits per heavy atom. The highest BCUT2D eigenvalue weighted by Crippen LogP contribution is 2.30. The van der Waals surface area contributed by atoms with E-state index in [9.17, 15) is 8.42 Å². The minimum Gasteiger partial charge on any atom is -0.325 e. The molecule has 5 heteroatoms. The van der Waals surface area contributed by atoms with Crippen molar-refractivity contribution < 1.29 is 8.42 Å². The van der Waals surface area contributed by atoms with Crippen molar-refractivity contribution in [2.45, 2.75) is 25.8 Å². The number of nitrogens with two attached hydrogens (primary N) is 1. The summed E-state index contributed by atoms with van der Waals surface area (Å²) in [5, 5.41) is 0. The van der Waals surface area contributed by atoms with Crippen LogP contribution in [0.1, 0.15) is 19.4 Å². The van der Waals surface area contributed by atoms with Gasteiger partial charge in [-0.25, -0.2) is 8.42 Å². The van der Waals surface area contributed by atoms with Crippen LogP contribution in [0.5, 0.6) is 0 Å². The van der Waals surface area contributed by atoms with E-state index in [0.29, 0.717) is 6.54 Å². The molecule has 0 amide bonds. The predicted octanol–water partition coefficient (Wildman–Crippen LogP) is 1.12. The summed E-state index contributed by atoms with van der Waals surface area (Å²) in [6.45, 7) is 3.98. The van der Waals surface area contributed by atoms with Gasteiger partial charge in [0.2, 0.25) is 10.0 Å². The van der Waals surface area contributed by atoms with E-state index in [-0.39, 0.29) is 5.75 Å². The number of rotatable bonds is 3. The fraction of sp³-hybridized carbons (Fsp3) is 0.500. The highest BCUT2D eigenvalue weighted by atomic mass is 32.2. The number of para-hydroxylation sites is 1. The molecule has 2 N–H and O–H groups in total. The zero-order chi connectivity index (χ0) is 12.7. The third-order valence-corrected chi connectivity index (χ3v) is 4.89. The van der Waals surface area contributed by atoms with Crippen molar-refractivity contribution in [3.05, 3.63) is 29.8 Å². The van der Waals surface area contributed by atoms with E-state index < -0.39 is 15.6 Å². The molecule has 0 bridgehead atoms. The monoisotopic (exact) mass is 254 g/mol. The molecule has 2 rings (SSSR count). The van der Waals surface area contributed by atoms with E-state index in [1.54, 1.807) is 13.8 Å². The summed E-state index contributed by atoms with van der Waals surface area (Å²) < 4.78 is 26.0. The first-order valence-electron chi connectivity index (χ1n) is 5.67. The first-order valence-corrected chi connectivity index (χ1v) is 7.28. The zero-order valence-electron chi connectivity index (χ0n) is 10.2. The molecule has 0 aliphatic carbocycles. The van der Waals surface area contributed by atoms with Crippen molar-refractivity contribution >= 4 is 15.7 Å². The molecule has 0 saturated heterocycles. The molecule has 17 heavy (non-hydrogen) atoms. The Morgan fingerprint density at radius 1 is 1.35 bits per heavy atom. The molecule has 0 radical (unpaired) electrons. The fourth-order valence-electron chi connectivity index (χ4n) is 2.14. The van der Waals surface area contributed by atoms with Gasteiger partial charge in [-0.1, -0.05) is 18.2 Å². The van der Waals surface area contributed by atoms with Crippen LogP contribution in [-0.4, -0.2) is 26.3 Å². The molecule has 0 saturated carbocycles. The largest absolute Gasteiger partial charge is 0.325 e. The second-order valence-electron chi connectivity index (χ2n) is 5.20. The van der Waals surface area contributed by atoms with Gasteiger partial charge in [0, 0.05) is 12.1 Å². The third kappa shape index (κ3) is 2.61. The first-order chi connectivity index (χ1) is 7.80. The predicted molar refractivity (Wildman–Crippen MR) is 69.5 cm³/mol. The lowest BCUT2D eigenvalue weighted by Gasteiger charge is -2.25. The molecule has 0 aromatic heterocycles. The van der Waals surface area contributed by atoms with Gasteiger partial charge >= 0.3 is 0 Å². The van der Waals surface area contributed by atoms with E-state index in [4.69, 9.17) is 5.73 Å². The molecule has 1 aromatic rings. The van der Waals surface area contributed by atoms with Crippen LogP contribution >= 0.6 is 0 Å². The highest BCUT2D eigenvalue weighted by molar-refractivity contribution is 7.92. The summed E-state index contributed by atoms with van der Waals surface area (Å²) in [5.41, 5.74) is 6.98. The summed E-state index contributed by atoms with van der Waals surface area (Å²) in [7, 11) is -3.32. The maximum absolute atomic E-state index is 12.3. The van der Waals surface area contributed by atoms with Gasteiger partial charge in [-0.2, -0.15) is 0 Å². The van der Waals surface area contributed by atoms with E-state index in [1.807, 2.05) is 24.3 Å². The summed E-state index contributed by atoms with van der Waals surface area (Å²) in [6.07, 6.45) is 0.778. The molecule has 1 aromatic carbocycles. The van der Waals surface area contributed by atoms with Crippen molar-refractivity contribution in [2.75, 3.05) is 16.6 Å². The number of nitrogens with zero attached hydrogens (tertiary/aromatic N) is 1. The first kappa shape index (κ1) is 12.4. The van der Waals surface area contributed by atoms with E-state index >= 15 is 0 Å². The van der Waals surface area contributed by atoms with Gasteiger partial charge < -0.3 is 5.73 Å². The SMILES string of the molecule is CC(C)(N)CS(=O)(=O)N1CCc2ccccc21. The number of fused-ring (bicyclic) bond motifs is 1. The summed E-state index contributed by atoms with van der Waals surface area (Å²) in [4.78, 5) is 0. The van der Waals surface area contributed by atoms with Crippen molar-refractivity contribution in [1.29, 1.82) is 0 Å². The molecule has 4 nitrogen and oxygen atoms in total. The number of anilines is 1. The van der Waals surface area contributed by atoms with Crippen LogP contribution in [0, 0.1) is 0 Å². The van der Waals surface area contributed by atoms with Gasteiger partial charge in [0.15, 0.2) is 0 Å². The standard InChI is InChI=1S/C12H18N2O2S/c1-12(2,13)9-17(15,16)14-8-7-10-5-3-4-6-11(10)14/h3-6H,7-9,13H2,1-2H3.